The molecule has 0 saturated carbocycles. The van der Waals surface area contributed by atoms with Crippen molar-refractivity contribution >= 4 is 6.21 Å². The molecule has 0 aromatic carbocycles. The number of allylic oxidation sites excluding steroid dienone is 7. The lowest BCUT2D eigenvalue weighted by Crippen LogP contribution is -2.03. The predicted octanol–water partition coefficient (Wildman–Crippen LogP) is 7.06. The summed E-state index contributed by atoms with van der Waals surface area (Å²) in [5.74, 6) is 0. The van der Waals surface area contributed by atoms with Crippen molar-refractivity contribution in [1.82, 2.24) is 0 Å². The first-order valence-electron chi connectivity index (χ1n) is 8.35. The molecule has 0 aromatic heterocycles. The summed E-state index contributed by atoms with van der Waals surface area (Å²) in [4.78, 5) is 4.55. The Morgan fingerprint density at radius 1 is 1.23 bits per heavy atom. The third-order valence-corrected chi connectivity index (χ3v) is 2.66. The van der Waals surface area contributed by atoms with E-state index in [9.17, 15) is 0 Å². The number of hydrogen-bond donors (Lipinski definition) is 0. The van der Waals surface area contributed by atoms with Crippen molar-refractivity contribution in [3.8, 4) is 0 Å². The lowest BCUT2D eigenvalue weighted by molar-refractivity contribution is 0.624. The van der Waals surface area contributed by atoms with Gasteiger partial charge in [0.15, 0.2) is 0 Å². The summed E-state index contributed by atoms with van der Waals surface area (Å²) in [6.07, 6.45) is 18.8. The highest BCUT2D eigenvalue weighted by Gasteiger charge is 2.13. The van der Waals surface area contributed by atoms with Crippen LogP contribution in [0.3, 0.4) is 0 Å². The average Bonchev–Trinajstić information content (AvgIpc) is 2.67. The summed E-state index contributed by atoms with van der Waals surface area (Å²) >= 11 is 0. The molecule has 0 fully saturated rings. The van der Waals surface area contributed by atoms with E-state index in [1.54, 1.807) is 6.08 Å². The lowest BCUT2D eigenvalue weighted by atomic mass is 9.90. The van der Waals surface area contributed by atoms with Crippen LogP contribution in [0.5, 0.6) is 0 Å². The van der Waals surface area contributed by atoms with Gasteiger partial charge in [-0.15, -0.1) is 6.58 Å². The van der Waals surface area contributed by atoms with E-state index in [2.05, 4.69) is 68.8 Å². The fourth-order valence-corrected chi connectivity index (χ4v) is 1.73. The van der Waals surface area contributed by atoms with Crippen molar-refractivity contribution in [2.24, 2.45) is 10.4 Å². The number of hydrogen-bond acceptors (Lipinski definition) is 1. The van der Waals surface area contributed by atoms with Gasteiger partial charge >= 0.3 is 0 Å². The van der Waals surface area contributed by atoms with E-state index in [0.29, 0.717) is 0 Å². The van der Waals surface area contributed by atoms with Crippen LogP contribution < -0.4 is 0 Å². The molecular weight excluding hydrogens is 266 g/mol. The second-order valence-corrected chi connectivity index (χ2v) is 5.32. The van der Waals surface area contributed by atoms with Gasteiger partial charge in [0.2, 0.25) is 0 Å². The summed E-state index contributed by atoms with van der Waals surface area (Å²) < 4.78 is 0. The molecule has 0 unspecified atom stereocenters. The van der Waals surface area contributed by atoms with Crippen molar-refractivity contribution in [1.29, 1.82) is 0 Å². The number of rotatable bonds is 4. The molecule has 124 valence electrons. The van der Waals surface area contributed by atoms with Gasteiger partial charge in [0.25, 0.3) is 0 Å². The fourth-order valence-electron chi connectivity index (χ4n) is 1.73. The molecule has 0 atom stereocenters. The molecule has 1 aliphatic carbocycles. The van der Waals surface area contributed by atoms with Gasteiger partial charge in [-0.05, 0) is 25.8 Å². The van der Waals surface area contributed by atoms with E-state index in [4.69, 9.17) is 0 Å². The van der Waals surface area contributed by atoms with Crippen LogP contribution in [0.1, 0.15) is 61.3 Å². The Morgan fingerprint density at radius 3 is 2.32 bits per heavy atom. The van der Waals surface area contributed by atoms with Gasteiger partial charge in [-0.2, -0.15) is 0 Å². The van der Waals surface area contributed by atoms with Crippen molar-refractivity contribution in [2.45, 2.75) is 61.3 Å². The zero-order valence-electron chi connectivity index (χ0n) is 15.7. The largest absolute Gasteiger partial charge is 0.261 e. The highest BCUT2D eigenvalue weighted by molar-refractivity contribution is 5.61. The van der Waals surface area contributed by atoms with Gasteiger partial charge in [0.1, 0.15) is 0 Å². The molecule has 1 aliphatic rings. The second-order valence-electron chi connectivity index (χ2n) is 5.32. The Morgan fingerprint density at radius 2 is 1.82 bits per heavy atom. The monoisotopic (exact) mass is 301 g/mol. The number of unbranched alkanes of at least 4 members (excludes halogenated alkanes) is 1. The lowest BCUT2D eigenvalue weighted by Gasteiger charge is -2.15. The molecular formula is C21H35N. The molecule has 1 heteroatoms. The van der Waals surface area contributed by atoms with Gasteiger partial charge in [-0.25, -0.2) is 0 Å². The third kappa shape index (κ3) is 11.1. The Bertz CT molecular complexity index is 429. The third-order valence-electron chi connectivity index (χ3n) is 2.66. The molecule has 1 rings (SSSR count). The van der Waals surface area contributed by atoms with Crippen LogP contribution in [0.25, 0.3) is 0 Å². The van der Waals surface area contributed by atoms with Crippen molar-refractivity contribution in [3.63, 3.8) is 0 Å². The number of nitrogens with zero attached hydrogens (tertiary/aromatic N) is 1. The molecule has 0 radical (unpaired) electrons. The maximum Gasteiger partial charge on any atom is 0.0652 e. The minimum absolute atomic E-state index is 0.0906. The zero-order chi connectivity index (χ0) is 17.4. The first kappa shape index (κ1) is 22.6. The van der Waals surface area contributed by atoms with E-state index in [0.717, 1.165) is 18.5 Å². The van der Waals surface area contributed by atoms with Gasteiger partial charge in [-0.3, -0.25) is 4.99 Å². The second kappa shape index (κ2) is 14.3. The SMILES string of the molecule is C/C=C(\N=CCCC)C1=CC(C)(C)C=CC=C1.C=CC.CC. The van der Waals surface area contributed by atoms with E-state index in [1.165, 1.54) is 5.57 Å². The molecule has 0 saturated heterocycles. The fraction of sp³-hybridized carbons (Fsp3) is 0.476. The standard InChI is InChI=1S/C16H23N.C3H6.C2H6/c1-5-7-12-17-15(6-2)14-10-8-9-11-16(3,4)13-14;1-3-2;1-2/h6,8-13H,5,7H2,1-4H3;3H,1H2,2H3;1-2H3/b15-6-,17-12?;;. The highest BCUT2D eigenvalue weighted by atomic mass is 14.7. The maximum atomic E-state index is 4.55. The van der Waals surface area contributed by atoms with Crippen molar-refractivity contribution in [3.05, 3.63) is 60.4 Å². The highest BCUT2D eigenvalue weighted by Crippen LogP contribution is 2.27. The van der Waals surface area contributed by atoms with Crippen LogP contribution in [0, 0.1) is 5.41 Å². The summed E-state index contributed by atoms with van der Waals surface area (Å²) in [5, 5.41) is 0. The van der Waals surface area contributed by atoms with Gasteiger partial charge in [0, 0.05) is 11.6 Å². The topological polar surface area (TPSA) is 12.4 Å². The van der Waals surface area contributed by atoms with Crippen molar-refractivity contribution < 1.29 is 0 Å². The summed E-state index contributed by atoms with van der Waals surface area (Å²) in [6.45, 7) is 17.9. The average molecular weight is 302 g/mol. The summed E-state index contributed by atoms with van der Waals surface area (Å²) in [7, 11) is 0. The van der Waals surface area contributed by atoms with Crippen molar-refractivity contribution in [2.75, 3.05) is 0 Å². The normalized spacial score (nSPS) is 16.0. The van der Waals surface area contributed by atoms with E-state index in [-0.39, 0.29) is 5.41 Å². The summed E-state index contributed by atoms with van der Waals surface area (Å²) in [6, 6.07) is 0. The van der Waals surface area contributed by atoms with E-state index in [1.807, 2.05) is 33.9 Å². The van der Waals surface area contributed by atoms with Gasteiger partial charge in [-0.1, -0.05) is 83.6 Å². The molecule has 0 N–H and O–H groups in total. The predicted molar refractivity (Wildman–Crippen MR) is 105 cm³/mol. The molecule has 0 heterocycles. The molecule has 22 heavy (non-hydrogen) atoms. The van der Waals surface area contributed by atoms with E-state index < -0.39 is 0 Å². The molecule has 0 amide bonds. The van der Waals surface area contributed by atoms with Crippen LogP contribution >= 0.6 is 0 Å². The van der Waals surface area contributed by atoms with E-state index >= 15 is 0 Å². The molecule has 0 aliphatic heterocycles. The smallest absolute Gasteiger partial charge is 0.0652 e. The minimum Gasteiger partial charge on any atom is -0.261 e. The minimum atomic E-state index is 0.0906. The summed E-state index contributed by atoms with van der Waals surface area (Å²) in [5.41, 5.74) is 2.36. The first-order valence-corrected chi connectivity index (χ1v) is 8.35. The van der Waals surface area contributed by atoms with Gasteiger partial charge < -0.3 is 0 Å². The number of aliphatic imine (C=N–C) groups is 1. The molecule has 0 bridgehead atoms. The Kier molecular flexibility index (Phi) is 14.7. The van der Waals surface area contributed by atoms with Crippen LogP contribution in [0.15, 0.2) is 65.4 Å². The van der Waals surface area contributed by atoms with Crippen LogP contribution in [-0.2, 0) is 0 Å². The zero-order valence-corrected chi connectivity index (χ0v) is 15.7. The Labute approximate surface area is 138 Å². The first-order chi connectivity index (χ1) is 10.5. The molecule has 1 nitrogen and oxygen atoms in total. The maximum absolute atomic E-state index is 4.55. The molecule has 0 spiro atoms. The van der Waals surface area contributed by atoms with Gasteiger partial charge in [0.05, 0.1) is 5.70 Å². The Balaban J connectivity index is 0. The van der Waals surface area contributed by atoms with Crippen LogP contribution in [0.2, 0.25) is 0 Å². The quantitative estimate of drug-likeness (QED) is 0.389. The van der Waals surface area contributed by atoms with Crippen LogP contribution in [-0.4, -0.2) is 6.21 Å². The molecule has 0 aromatic rings. The Hall–Kier alpha value is -1.63. The van der Waals surface area contributed by atoms with Crippen LogP contribution in [0.4, 0.5) is 0 Å².